The second-order valence-corrected chi connectivity index (χ2v) is 11.7. The highest BCUT2D eigenvalue weighted by atomic mass is 16.6. The van der Waals surface area contributed by atoms with Crippen molar-refractivity contribution in [2.24, 2.45) is 17.8 Å². The van der Waals surface area contributed by atoms with E-state index in [1.54, 1.807) is 17.1 Å². The molecule has 4 rings (SSSR count). The predicted molar refractivity (Wildman–Crippen MR) is 149 cm³/mol. The molecule has 0 aliphatic carbocycles. The number of esters is 1. The molecule has 1 spiro atoms. The van der Waals surface area contributed by atoms with Crippen LogP contribution in [0.15, 0.2) is 43.5 Å². The van der Waals surface area contributed by atoms with E-state index in [-0.39, 0.29) is 37.5 Å². The normalized spacial score (nSPS) is 29.9. The second-order valence-electron chi connectivity index (χ2n) is 11.7. The molecule has 2 bridgehead atoms. The minimum atomic E-state index is -1.20. The van der Waals surface area contributed by atoms with Gasteiger partial charge in [0.2, 0.25) is 5.91 Å². The molecule has 2 unspecified atom stereocenters. The van der Waals surface area contributed by atoms with E-state index in [1.165, 1.54) is 4.90 Å². The van der Waals surface area contributed by atoms with Gasteiger partial charge < -0.3 is 24.4 Å². The fourth-order valence-corrected chi connectivity index (χ4v) is 7.11. The lowest BCUT2D eigenvalue weighted by atomic mass is 9.66. The molecule has 6 atom stereocenters. The maximum absolute atomic E-state index is 14.8. The largest absolute Gasteiger partial charge is 0.465 e. The average molecular weight is 539 g/mol. The van der Waals surface area contributed by atoms with Crippen LogP contribution in [0.2, 0.25) is 0 Å². The van der Waals surface area contributed by atoms with Crippen LogP contribution in [0.1, 0.15) is 51.2 Å². The van der Waals surface area contributed by atoms with Gasteiger partial charge in [-0.05, 0) is 57.1 Å². The van der Waals surface area contributed by atoms with Crippen molar-refractivity contribution in [3.8, 4) is 0 Å². The van der Waals surface area contributed by atoms with Gasteiger partial charge in [0.25, 0.3) is 5.91 Å². The molecule has 8 heteroatoms. The highest BCUT2D eigenvalue weighted by molar-refractivity contribution is 6.05. The molecule has 1 aromatic carbocycles. The highest BCUT2D eigenvalue weighted by Crippen LogP contribution is 2.64. The first-order valence-electron chi connectivity index (χ1n) is 13.9. The summed E-state index contributed by atoms with van der Waals surface area (Å²) in [5.41, 5.74) is 0.474. The lowest BCUT2D eigenvalue weighted by Gasteiger charge is -2.41. The molecule has 0 aromatic heterocycles. The summed E-state index contributed by atoms with van der Waals surface area (Å²) < 4.78 is 12.3. The number of nitrogens with zero attached hydrogens (tertiary/aromatic N) is 2. The molecule has 8 nitrogen and oxygen atoms in total. The quantitative estimate of drug-likeness (QED) is 0.262. The fourth-order valence-electron chi connectivity index (χ4n) is 7.11. The molecule has 39 heavy (non-hydrogen) atoms. The summed E-state index contributed by atoms with van der Waals surface area (Å²) in [4.78, 5) is 45.7. The Morgan fingerprint density at radius 3 is 2.46 bits per heavy atom. The van der Waals surface area contributed by atoms with Crippen molar-refractivity contribution in [3.63, 3.8) is 0 Å². The van der Waals surface area contributed by atoms with Crippen molar-refractivity contribution >= 4 is 23.5 Å². The number of likely N-dealkylation sites (tertiary alicyclic amines) is 1. The summed E-state index contributed by atoms with van der Waals surface area (Å²) in [5.74, 6) is -2.98. The van der Waals surface area contributed by atoms with Crippen molar-refractivity contribution in [2.45, 2.75) is 77.2 Å². The summed E-state index contributed by atoms with van der Waals surface area (Å²) in [5, 5.41) is 10.4. The number of aliphatic hydroxyl groups excluding tert-OH is 1. The average Bonchev–Trinajstić information content (AvgIpc) is 3.44. The van der Waals surface area contributed by atoms with Crippen molar-refractivity contribution in [3.05, 3.63) is 54.6 Å². The van der Waals surface area contributed by atoms with Gasteiger partial charge in [-0.25, -0.2) is 0 Å². The van der Waals surface area contributed by atoms with Crippen molar-refractivity contribution in [1.29, 1.82) is 0 Å². The third-order valence-corrected chi connectivity index (χ3v) is 8.87. The zero-order valence-corrected chi connectivity index (χ0v) is 23.8. The van der Waals surface area contributed by atoms with Gasteiger partial charge in [0.15, 0.2) is 0 Å². The minimum absolute atomic E-state index is 0.136. The molecule has 3 heterocycles. The van der Waals surface area contributed by atoms with E-state index in [1.807, 2.05) is 52.8 Å². The molecular formula is C31H42N2O6. The van der Waals surface area contributed by atoms with Crippen LogP contribution < -0.4 is 4.90 Å². The third kappa shape index (κ3) is 4.51. The summed E-state index contributed by atoms with van der Waals surface area (Å²) in [6.07, 6.45) is 4.81. The SMILES string of the molecule is C=CCCOC(=O)[C@H]1[C@H]2C(=O)N([C@@H](CO)C(C)C)C(C(=O)N(CC=C)c3c(C)cccc3C)C23CC[C@]1(C)O3. The van der Waals surface area contributed by atoms with E-state index in [0.29, 0.717) is 19.3 Å². The fraction of sp³-hybridized carbons (Fsp3) is 0.581. The van der Waals surface area contributed by atoms with Crippen LogP contribution in [-0.2, 0) is 23.9 Å². The lowest BCUT2D eigenvalue weighted by Crippen LogP contribution is -2.60. The van der Waals surface area contributed by atoms with Crippen LogP contribution in [0.4, 0.5) is 5.69 Å². The number of aliphatic hydroxyl groups is 1. The smallest absolute Gasteiger partial charge is 0.312 e. The summed E-state index contributed by atoms with van der Waals surface area (Å²) in [6.45, 7) is 17.2. The number of para-hydroxylation sites is 1. The molecule has 0 saturated carbocycles. The van der Waals surface area contributed by atoms with E-state index in [2.05, 4.69) is 13.2 Å². The van der Waals surface area contributed by atoms with Gasteiger partial charge in [-0.1, -0.05) is 44.2 Å². The molecule has 3 saturated heterocycles. The number of carbonyl (C=O) groups excluding carboxylic acids is 3. The van der Waals surface area contributed by atoms with Gasteiger partial charge in [0.1, 0.15) is 17.6 Å². The van der Waals surface area contributed by atoms with Crippen molar-refractivity contribution in [2.75, 3.05) is 24.7 Å². The van der Waals surface area contributed by atoms with E-state index in [4.69, 9.17) is 9.47 Å². The Labute approximate surface area is 231 Å². The molecule has 3 fully saturated rings. The zero-order chi connectivity index (χ0) is 28.7. The van der Waals surface area contributed by atoms with E-state index in [9.17, 15) is 19.5 Å². The van der Waals surface area contributed by atoms with Crippen LogP contribution in [0, 0.1) is 31.6 Å². The van der Waals surface area contributed by atoms with E-state index >= 15 is 0 Å². The number of amides is 2. The highest BCUT2D eigenvalue weighted by Gasteiger charge is 2.79. The third-order valence-electron chi connectivity index (χ3n) is 8.87. The first kappa shape index (κ1) is 29.0. The lowest BCUT2D eigenvalue weighted by molar-refractivity contribution is -0.160. The zero-order valence-electron chi connectivity index (χ0n) is 23.8. The summed E-state index contributed by atoms with van der Waals surface area (Å²) >= 11 is 0. The van der Waals surface area contributed by atoms with Gasteiger partial charge in [-0.3, -0.25) is 14.4 Å². The Morgan fingerprint density at radius 2 is 1.90 bits per heavy atom. The van der Waals surface area contributed by atoms with Crippen LogP contribution >= 0.6 is 0 Å². The number of aryl methyl sites for hydroxylation is 2. The van der Waals surface area contributed by atoms with Crippen LogP contribution in [0.3, 0.4) is 0 Å². The second kappa shape index (κ2) is 10.9. The number of carbonyl (C=O) groups is 3. The van der Waals surface area contributed by atoms with Crippen LogP contribution in [-0.4, -0.2) is 70.8 Å². The Bertz CT molecular complexity index is 1140. The number of hydrogen-bond donors (Lipinski definition) is 1. The van der Waals surface area contributed by atoms with Gasteiger partial charge in [0, 0.05) is 12.2 Å². The number of anilines is 1. The molecule has 212 valence electrons. The minimum Gasteiger partial charge on any atom is -0.465 e. The molecule has 2 amide bonds. The van der Waals surface area contributed by atoms with Gasteiger partial charge >= 0.3 is 5.97 Å². The van der Waals surface area contributed by atoms with Gasteiger partial charge in [-0.2, -0.15) is 0 Å². The maximum atomic E-state index is 14.8. The monoisotopic (exact) mass is 538 g/mol. The number of benzene rings is 1. The first-order valence-corrected chi connectivity index (χ1v) is 13.9. The van der Waals surface area contributed by atoms with Gasteiger partial charge in [0.05, 0.1) is 30.8 Å². The Balaban J connectivity index is 1.86. The van der Waals surface area contributed by atoms with Crippen molar-refractivity contribution in [1.82, 2.24) is 4.90 Å². The Kier molecular flexibility index (Phi) is 8.11. The molecular weight excluding hydrogens is 496 g/mol. The predicted octanol–water partition coefficient (Wildman–Crippen LogP) is 3.72. The van der Waals surface area contributed by atoms with E-state index < -0.39 is 41.1 Å². The maximum Gasteiger partial charge on any atom is 0.312 e. The summed E-state index contributed by atoms with van der Waals surface area (Å²) in [6, 6.07) is 4.20. The number of rotatable bonds is 11. The molecule has 1 aromatic rings. The first-order chi connectivity index (χ1) is 18.5. The molecule has 1 N–H and O–H groups in total. The van der Waals surface area contributed by atoms with Gasteiger partial charge in [-0.15, -0.1) is 13.2 Å². The van der Waals surface area contributed by atoms with Crippen LogP contribution in [0.5, 0.6) is 0 Å². The standard InChI is InChI=1S/C31H42N2O6/c1-8-10-17-38-29(37)24-23-27(35)33(22(18-34)19(3)4)26(31(23)15-14-30(24,7)39-31)28(36)32(16-9-2)25-20(5)12-11-13-21(25)6/h8-9,11-13,19,22-24,26,34H,1-2,10,14-18H2,3-7H3/t22-,23-,24+,26?,30-,31?/m0/s1. The van der Waals surface area contributed by atoms with E-state index in [0.717, 1.165) is 16.8 Å². The Hall–Kier alpha value is -2.97. The van der Waals surface area contributed by atoms with Crippen LogP contribution in [0.25, 0.3) is 0 Å². The number of fused-ring (bicyclic) bond motifs is 1. The number of ether oxygens (including phenoxy) is 2. The number of hydrogen-bond acceptors (Lipinski definition) is 6. The van der Waals surface area contributed by atoms with Crippen molar-refractivity contribution < 1.29 is 29.0 Å². The molecule has 0 radical (unpaired) electrons. The summed E-state index contributed by atoms with van der Waals surface area (Å²) in [7, 11) is 0. The Morgan fingerprint density at radius 1 is 1.23 bits per heavy atom. The topological polar surface area (TPSA) is 96.4 Å². The molecule has 3 aliphatic rings. The molecule has 3 aliphatic heterocycles.